The molecule has 0 aliphatic rings. The van der Waals surface area contributed by atoms with Crippen molar-refractivity contribution in [2.75, 3.05) is 12.4 Å². The van der Waals surface area contributed by atoms with Crippen LogP contribution in [0.15, 0.2) is 76.3 Å². The van der Waals surface area contributed by atoms with Gasteiger partial charge in [0.25, 0.3) is 0 Å². The SMILES string of the molecule is COc1cc(C=NNC(=O)C(=O)Nc2ccc(Br)cc2)ccc1OC(=O)c1ccccc1C. The number of nitrogens with zero attached hydrogens (tertiary/aromatic N) is 1. The van der Waals surface area contributed by atoms with Gasteiger partial charge in [0, 0.05) is 10.2 Å². The van der Waals surface area contributed by atoms with Gasteiger partial charge in [-0.25, -0.2) is 10.2 Å². The maximum absolute atomic E-state index is 12.5. The van der Waals surface area contributed by atoms with Crippen LogP contribution in [0.4, 0.5) is 5.69 Å². The minimum atomic E-state index is -0.926. The molecule has 0 aromatic heterocycles. The zero-order valence-corrected chi connectivity index (χ0v) is 19.4. The number of carbonyl (C=O) groups is 3. The first-order valence-corrected chi connectivity index (χ1v) is 10.5. The van der Waals surface area contributed by atoms with E-state index in [1.165, 1.54) is 13.3 Å². The lowest BCUT2D eigenvalue weighted by atomic mass is 10.1. The van der Waals surface area contributed by atoms with Crippen molar-refractivity contribution in [3.63, 3.8) is 0 Å². The Morgan fingerprint density at radius 2 is 1.67 bits per heavy atom. The van der Waals surface area contributed by atoms with Crippen LogP contribution in [0.25, 0.3) is 0 Å². The minimum Gasteiger partial charge on any atom is -0.493 e. The average Bonchev–Trinajstić information content (AvgIpc) is 2.81. The van der Waals surface area contributed by atoms with Gasteiger partial charge in [0.2, 0.25) is 0 Å². The van der Waals surface area contributed by atoms with Gasteiger partial charge in [0.05, 0.1) is 18.9 Å². The molecule has 0 bridgehead atoms. The molecule has 3 aromatic carbocycles. The fourth-order valence-corrected chi connectivity index (χ4v) is 3.01. The van der Waals surface area contributed by atoms with Crippen molar-refractivity contribution in [3.05, 3.63) is 87.9 Å². The number of aryl methyl sites for hydroxylation is 1. The molecule has 33 heavy (non-hydrogen) atoms. The molecule has 0 saturated heterocycles. The molecular formula is C24H20BrN3O5. The van der Waals surface area contributed by atoms with Crippen LogP contribution in [-0.2, 0) is 9.59 Å². The first-order valence-electron chi connectivity index (χ1n) is 9.73. The molecule has 2 N–H and O–H groups in total. The lowest BCUT2D eigenvalue weighted by Gasteiger charge is -2.11. The Morgan fingerprint density at radius 1 is 0.939 bits per heavy atom. The second-order valence-electron chi connectivity index (χ2n) is 6.77. The van der Waals surface area contributed by atoms with Crippen molar-refractivity contribution in [1.82, 2.24) is 5.43 Å². The largest absolute Gasteiger partial charge is 0.493 e. The van der Waals surface area contributed by atoms with Crippen molar-refractivity contribution in [2.45, 2.75) is 6.92 Å². The molecule has 0 atom stereocenters. The summed E-state index contributed by atoms with van der Waals surface area (Å²) in [7, 11) is 1.44. The first kappa shape index (κ1) is 23.7. The Bertz CT molecular complexity index is 1210. The summed E-state index contributed by atoms with van der Waals surface area (Å²) in [5.74, 6) is -1.74. The fraction of sp³-hybridized carbons (Fsp3) is 0.0833. The van der Waals surface area contributed by atoms with E-state index < -0.39 is 17.8 Å². The number of halogens is 1. The number of nitrogens with one attached hydrogen (secondary N) is 2. The van der Waals surface area contributed by atoms with E-state index in [2.05, 4.69) is 31.8 Å². The number of hydrogen-bond donors (Lipinski definition) is 2. The molecule has 168 valence electrons. The van der Waals surface area contributed by atoms with Crippen LogP contribution < -0.4 is 20.2 Å². The molecule has 2 amide bonds. The maximum atomic E-state index is 12.5. The number of esters is 1. The van der Waals surface area contributed by atoms with E-state index in [-0.39, 0.29) is 5.75 Å². The summed E-state index contributed by atoms with van der Waals surface area (Å²) in [6, 6.07) is 18.6. The first-order chi connectivity index (χ1) is 15.9. The van der Waals surface area contributed by atoms with Gasteiger partial charge >= 0.3 is 17.8 Å². The van der Waals surface area contributed by atoms with Gasteiger partial charge < -0.3 is 14.8 Å². The van der Waals surface area contributed by atoms with Crippen molar-refractivity contribution in [2.24, 2.45) is 5.10 Å². The number of hydrazone groups is 1. The standard InChI is InChI=1S/C24H20BrN3O5/c1-15-5-3-4-6-19(15)24(31)33-20-12-7-16(13-21(20)32-2)14-26-28-23(30)22(29)27-18-10-8-17(25)9-11-18/h3-14H,1-2H3,(H,27,29)(H,28,30). The molecule has 0 spiro atoms. The summed E-state index contributed by atoms with van der Waals surface area (Å²) in [5.41, 5.74) is 4.43. The van der Waals surface area contributed by atoms with E-state index in [9.17, 15) is 14.4 Å². The molecule has 0 fully saturated rings. The lowest BCUT2D eigenvalue weighted by Crippen LogP contribution is -2.32. The van der Waals surface area contributed by atoms with Gasteiger partial charge in [-0.1, -0.05) is 34.1 Å². The van der Waals surface area contributed by atoms with E-state index in [1.54, 1.807) is 54.6 Å². The van der Waals surface area contributed by atoms with Gasteiger partial charge in [-0.3, -0.25) is 9.59 Å². The third-order valence-corrected chi connectivity index (χ3v) is 4.97. The molecule has 0 heterocycles. The van der Waals surface area contributed by atoms with Gasteiger partial charge in [-0.15, -0.1) is 0 Å². The molecule has 3 rings (SSSR count). The van der Waals surface area contributed by atoms with Crippen molar-refractivity contribution in [3.8, 4) is 11.5 Å². The predicted octanol–water partition coefficient (Wildman–Crippen LogP) is 4.07. The Labute approximate surface area is 198 Å². The van der Waals surface area contributed by atoms with Gasteiger partial charge in [0.1, 0.15) is 0 Å². The highest BCUT2D eigenvalue weighted by molar-refractivity contribution is 9.10. The topological polar surface area (TPSA) is 106 Å². The highest BCUT2D eigenvalue weighted by Crippen LogP contribution is 2.28. The summed E-state index contributed by atoms with van der Waals surface area (Å²) in [5, 5.41) is 6.25. The van der Waals surface area contributed by atoms with Crippen LogP contribution in [0.5, 0.6) is 11.5 Å². The number of methoxy groups -OCH3 is 1. The Morgan fingerprint density at radius 3 is 2.36 bits per heavy atom. The number of benzene rings is 3. The van der Waals surface area contributed by atoms with E-state index in [0.29, 0.717) is 22.6 Å². The number of amides is 2. The second kappa shape index (κ2) is 11.1. The molecule has 0 radical (unpaired) electrons. The van der Waals surface area contributed by atoms with Gasteiger partial charge in [0.15, 0.2) is 11.5 Å². The molecular weight excluding hydrogens is 490 g/mol. The van der Waals surface area contributed by atoms with Gasteiger partial charge in [-0.05, 0) is 66.6 Å². The minimum absolute atomic E-state index is 0.237. The second-order valence-corrected chi connectivity index (χ2v) is 7.69. The van der Waals surface area contributed by atoms with Crippen LogP contribution in [-0.4, -0.2) is 31.1 Å². The van der Waals surface area contributed by atoms with Crippen molar-refractivity contribution >= 4 is 45.6 Å². The zero-order valence-electron chi connectivity index (χ0n) is 17.8. The summed E-state index contributed by atoms with van der Waals surface area (Å²) < 4.78 is 11.6. The van der Waals surface area contributed by atoms with Crippen LogP contribution in [0.2, 0.25) is 0 Å². The lowest BCUT2D eigenvalue weighted by molar-refractivity contribution is -0.136. The monoisotopic (exact) mass is 509 g/mol. The van der Waals surface area contributed by atoms with Crippen molar-refractivity contribution < 1.29 is 23.9 Å². The molecule has 0 unspecified atom stereocenters. The van der Waals surface area contributed by atoms with Crippen molar-refractivity contribution in [1.29, 1.82) is 0 Å². The summed E-state index contributed by atoms with van der Waals surface area (Å²) in [4.78, 5) is 36.3. The van der Waals surface area contributed by atoms with Crippen LogP contribution in [0.3, 0.4) is 0 Å². The van der Waals surface area contributed by atoms with Crippen LogP contribution in [0.1, 0.15) is 21.5 Å². The Hall–Kier alpha value is -3.98. The molecule has 3 aromatic rings. The summed E-state index contributed by atoms with van der Waals surface area (Å²) in [6.45, 7) is 1.82. The number of rotatable bonds is 6. The summed E-state index contributed by atoms with van der Waals surface area (Å²) >= 11 is 3.29. The highest BCUT2D eigenvalue weighted by Gasteiger charge is 2.15. The van der Waals surface area contributed by atoms with Crippen LogP contribution in [0, 0.1) is 6.92 Å². The quantitative estimate of drug-likeness (QED) is 0.171. The predicted molar refractivity (Wildman–Crippen MR) is 128 cm³/mol. The normalized spacial score (nSPS) is 10.5. The Balaban J connectivity index is 1.61. The zero-order chi connectivity index (χ0) is 23.8. The molecule has 0 aliphatic carbocycles. The number of anilines is 1. The van der Waals surface area contributed by atoms with Gasteiger partial charge in [-0.2, -0.15) is 5.10 Å². The van der Waals surface area contributed by atoms with E-state index in [0.717, 1.165) is 10.0 Å². The molecule has 8 nitrogen and oxygen atoms in total. The molecule has 9 heteroatoms. The molecule has 0 saturated carbocycles. The third-order valence-electron chi connectivity index (χ3n) is 4.44. The summed E-state index contributed by atoms with van der Waals surface area (Å²) in [6.07, 6.45) is 1.33. The molecule has 0 aliphatic heterocycles. The number of ether oxygens (including phenoxy) is 2. The Kier molecular flexibility index (Phi) is 7.93. The highest BCUT2D eigenvalue weighted by atomic mass is 79.9. The average molecular weight is 510 g/mol. The van der Waals surface area contributed by atoms with Crippen LogP contribution >= 0.6 is 15.9 Å². The van der Waals surface area contributed by atoms with E-state index >= 15 is 0 Å². The smallest absolute Gasteiger partial charge is 0.343 e. The van der Waals surface area contributed by atoms with E-state index in [1.807, 2.05) is 19.1 Å². The third kappa shape index (κ3) is 6.50. The van der Waals surface area contributed by atoms with E-state index in [4.69, 9.17) is 9.47 Å². The maximum Gasteiger partial charge on any atom is 0.343 e. The number of hydrogen-bond acceptors (Lipinski definition) is 6. The fourth-order valence-electron chi connectivity index (χ4n) is 2.74. The number of carbonyl (C=O) groups excluding carboxylic acids is 3.